The van der Waals surface area contributed by atoms with Gasteiger partial charge in [-0.25, -0.2) is 8.42 Å². The third kappa shape index (κ3) is 3.98. The highest BCUT2D eigenvalue weighted by Gasteiger charge is 2.21. The predicted molar refractivity (Wildman–Crippen MR) is 105 cm³/mol. The Labute approximate surface area is 158 Å². The van der Waals surface area contributed by atoms with Gasteiger partial charge in [0.15, 0.2) is 9.84 Å². The van der Waals surface area contributed by atoms with E-state index in [-0.39, 0.29) is 16.4 Å². The minimum atomic E-state index is -3.42. The van der Waals surface area contributed by atoms with Crippen LogP contribution in [0.3, 0.4) is 0 Å². The van der Waals surface area contributed by atoms with Crippen molar-refractivity contribution in [1.29, 1.82) is 0 Å². The largest absolute Gasteiger partial charge is 0.496 e. The van der Waals surface area contributed by atoms with Crippen LogP contribution >= 0.6 is 0 Å². The first-order valence-corrected chi connectivity index (χ1v) is 10.5. The van der Waals surface area contributed by atoms with Crippen LogP contribution in [0.4, 0.5) is 0 Å². The molecule has 0 saturated heterocycles. The normalized spacial score (nSPS) is 11.5. The molecule has 6 nitrogen and oxygen atoms in total. The van der Waals surface area contributed by atoms with Crippen LogP contribution in [-0.2, 0) is 16.4 Å². The van der Waals surface area contributed by atoms with Crippen molar-refractivity contribution in [2.24, 2.45) is 0 Å². The standard InChI is InChI=1S/C20H22N2O4S/c1-4-22(13-14-5-7-18-15(11-14)9-10-21-18)20(23)17-12-16(27(3,24)25)6-8-19(17)26-2/h5-12,21H,4,13H2,1-3H3. The number of aromatic amines is 1. The summed E-state index contributed by atoms with van der Waals surface area (Å²) in [6.07, 6.45) is 2.99. The second-order valence-corrected chi connectivity index (χ2v) is 8.37. The van der Waals surface area contributed by atoms with Crippen molar-refractivity contribution in [3.63, 3.8) is 0 Å². The highest BCUT2D eigenvalue weighted by atomic mass is 32.2. The van der Waals surface area contributed by atoms with Crippen LogP contribution < -0.4 is 4.74 Å². The molecule has 0 aliphatic rings. The van der Waals surface area contributed by atoms with Crippen molar-refractivity contribution in [2.45, 2.75) is 18.4 Å². The third-order valence-corrected chi connectivity index (χ3v) is 5.60. The van der Waals surface area contributed by atoms with Gasteiger partial charge in [-0.05, 0) is 54.3 Å². The summed E-state index contributed by atoms with van der Waals surface area (Å²) in [7, 11) is -1.96. The van der Waals surface area contributed by atoms with Gasteiger partial charge in [-0.2, -0.15) is 0 Å². The van der Waals surface area contributed by atoms with E-state index in [1.165, 1.54) is 25.3 Å². The molecule has 0 unspecified atom stereocenters. The summed E-state index contributed by atoms with van der Waals surface area (Å²) in [4.78, 5) is 18.0. The maximum Gasteiger partial charge on any atom is 0.257 e. The number of hydrogen-bond donors (Lipinski definition) is 1. The number of nitrogens with one attached hydrogen (secondary N) is 1. The SMILES string of the molecule is CCN(Cc1ccc2[nH]ccc2c1)C(=O)c1cc(S(C)(=O)=O)ccc1OC. The van der Waals surface area contributed by atoms with Crippen LogP contribution in [-0.4, -0.2) is 44.1 Å². The monoisotopic (exact) mass is 386 g/mol. The molecule has 7 heteroatoms. The van der Waals surface area contributed by atoms with Gasteiger partial charge < -0.3 is 14.6 Å². The first-order chi connectivity index (χ1) is 12.8. The molecule has 0 spiro atoms. The van der Waals surface area contributed by atoms with Crippen LogP contribution in [0, 0.1) is 0 Å². The summed E-state index contributed by atoms with van der Waals surface area (Å²) < 4.78 is 29.0. The van der Waals surface area contributed by atoms with E-state index < -0.39 is 9.84 Å². The van der Waals surface area contributed by atoms with E-state index >= 15 is 0 Å². The van der Waals surface area contributed by atoms with Crippen LogP contribution in [0.5, 0.6) is 5.75 Å². The number of hydrogen-bond acceptors (Lipinski definition) is 4. The lowest BCUT2D eigenvalue weighted by Gasteiger charge is -2.22. The predicted octanol–water partition coefficient (Wildman–Crippen LogP) is 3.24. The van der Waals surface area contributed by atoms with Crippen molar-refractivity contribution in [3.05, 3.63) is 59.8 Å². The summed E-state index contributed by atoms with van der Waals surface area (Å²) in [6.45, 7) is 2.79. The quantitative estimate of drug-likeness (QED) is 0.705. The summed E-state index contributed by atoms with van der Waals surface area (Å²) in [5, 5.41) is 1.08. The zero-order valence-electron chi connectivity index (χ0n) is 15.5. The second-order valence-electron chi connectivity index (χ2n) is 6.35. The molecule has 0 fully saturated rings. The molecule has 1 amide bonds. The van der Waals surface area contributed by atoms with Crippen molar-refractivity contribution < 1.29 is 17.9 Å². The molecular weight excluding hydrogens is 364 g/mol. The smallest absolute Gasteiger partial charge is 0.257 e. The Morgan fingerprint density at radius 3 is 2.59 bits per heavy atom. The summed E-state index contributed by atoms with van der Waals surface area (Å²) in [5.41, 5.74) is 2.27. The summed E-state index contributed by atoms with van der Waals surface area (Å²) in [5.74, 6) is 0.0842. The zero-order valence-corrected chi connectivity index (χ0v) is 16.3. The van der Waals surface area contributed by atoms with E-state index in [2.05, 4.69) is 4.98 Å². The van der Waals surface area contributed by atoms with E-state index in [1.807, 2.05) is 37.4 Å². The Bertz CT molecular complexity index is 1090. The Morgan fingerprint density at radius 2 is 1.93 bits per heavy atom. The van der Waals surface area contributed by atoms with Gasteiger partial charge in [0.25, 0.3) is 5.91 Å². The van der Waals surface area contributed by atoms with Crippen LogP contribution in [0.1, 0.15) is 22.8 Å². The summed E-state index contributed by atoms with van der Waals surface area (Å²) >= 11 is 0. The molecule has 1 aromatic heterocycles. The van der Waals surface area contributed by atoms with E-state index in [0.29, 0.717) is 18.8 Å². The lowest BCUT2D eigenvalue weighted by atomic mass is 10.1. The molecule has 0 aliphatic carbocycles. The number of carbonyl (C=O) groups excluding carboxylic acids is 1. The number of fused-ring (bicyclic) bond motifs is 1. The third-order valence-electron chi connectivity index (χ3n) is 4.49. The number of sulfone groups is 1. The molecule has 27 heavy (non-hydrogen) atoms. The van der Waals surface area contributed by atoms with Gasteiger partial charge in [-0.1, -0.05) is 6.07 Å². The molecule has 3 rings (SSSR count). The molecule has 142 valence electrons. The van der Waals surface area contributed by atoms with Gasteiger partial charge in [0.1, 0.15) is 5.75 Å². The lowest BCUT2D eigenvalue weighted by Crippen LogP contribution is -2.30. The second kappa shape index (κ2) is 7.44. The summed E-state index contributed by atoms with van der Waals surface area (Å²) in [6, 6.07) is 12.3. The fraction of sp³-hybridized carbons (Fsp3) is 0.250. The van der Waals surface area contributed by atoms with E-state index in [1.54, 1.807) is 4.90 Å². The number of carbonyl (C=O) groups is 1. The highest BCUT2D eigenvalue weighted by molar-refractivity contribution is 7.90. The van der Waals surface area contributed by atoms with Crippen molar-refractivity contribution in [3.8, 4) is 5.75 Å². The molecular formula is C20H22N2O4S. The Morgan fingerprint density at radius 1 is 1.15 bits per heavy atom. The van der Waals surface area contributed by atoms with Crippen molar-refractivity contribution in [1.82, 2.24) is 9.88 Å². The Balaban J connectivity index is 1.94. The number of benzene rings is 2. The molecule has 2 aromatic carbocycles. The fourth-order valence-electron chi connectivity index (χ4n) is 3.00. The number of aromatic nitrogens is 1. The fourth-order valence-corrected chi connectivity index (χ4v) is 3.65. The minimum absolute atomic E-state index is 0.0939. The molecule has 0 bridgehead atoms. The first kappa shape index (κ1) is 19.0. The minimum Gasteiger partial charge on any atom is -0.496 e. The van der Waals surface area contributed by atoms with E-state index in [4.69, 9.17) is 4.74 Å². The average Bonchev–Trinajstić information content (AvgIpc) is 3.12. The number of nitrogens with zero attached hydrogens (tertiary/aromatic N) is 1. The topological polar surface area (TPSA) is 79.5 Å². The van der Waals surface area contributed by atoms with E-state index in [0.717, 1.165) is 22.7 Å². The van der Waals surface area contributed by atoms with Crippen molar-refractivity contribution in [2.75, 3.05) is 19.9 Å². The highest BCUT2D eigenvalue weighted by Crippen LogP contribution is 2.25. The maximum absolute atomic E-state index is 13.1. The Hall–Kier alpha value is -2.80. The molecule has 0 atom stereocenters. The Kier molecular flexibility index (Phi) is 5.23. The van der Waals surface area contributed by atoms with Gasteiger partial charge in [0, 0.05) is 31.1 Å². The van der Waals surface area contributed by atoms with Gasteiger partial charge in [-0.3, -0.25) is 4.79 Å². The number of H-pyrrole nitrogens is 1. The van der Waals surface area contributed by atoms with Gasteiger partial charge in [0.05, 0.1) is 17.6 Å². The number of ether oxygens (including phenoxy) is 1. The van der Waals surface area contributed by atoms with Gasteiger partial charge >= 0.3 is 0 Å². The van der Waals surface area contributed by atoms with E-state index in [9.17, 15) is 13.2 Å². The molecule has 3 aromatic rings. The van der Waals surface area contributed by atoms with Crippen LogP contribution in [0.2, 0.25) is 0 Å². The zero-order chi connectivity index (χ0) is 19.6. The average molecular weight is 386 g/mol. The maximum atomic E-state index is 13.1. The molecule has 0 aliphatic heterocycles. The molecule has 1 N–H and O–H groups in total. The molecule has 1 heterocycles. The molecule has 0 saturated carbocycles. The lowest BCUT2D eigenvalue weighted by molar-refractivity contribution is 0.0749. The van der Waals surface area contributed by atoms with Gasteiger partial charge in [-0.15, -0.1) is 0 Å². The van der Waals surface area contributed by atoms with Crippen molar-refractivity contribution >= 4 is 26.6 Å². The van der Waals surface area contributed by atoms with Gasteiger partial charge in [0.2, 0.25) is 0 Å². The number of methoxy groups -OCH3 is 1. The van der Waals surface area contributed by atoms with Crippen LogP contribution in [0.15, 0.2) is 53.6 Å². The van der Waals surface area contributed by atoms with Crippen LogP contribution in [0.25, 0.3) is 10.9 Å². The number of rotatable bonds is 6. The first-order valence-electron chi connectivity index (χ1n) is 8.57. The molecule has 0 radical (unpaired) electrons. The number of amides is 1.